The molecule has 0 N–H and O–H groups in total. The second-order valence-corrected chi connectivity index (χ2v) is 10.1. The van der Waals surface area contributed by atoms with Crippen molar-refractivity contribution >= 4 is 38.1 Å². The standard InChI is InChI=1S/C19H12ClF6N3O2S2/c20-10-2-1-9(7-11(10)21)12-8-32-19(27-12)28-3-5-29(6-4-28)33(30,31)18-16(25)14(23)13(22)15(24)17(18)26/h1-2,7-8H,3-6H2. The maximum absolute atomic E-state index is 14.0. The fourth-order valence-corrected chi connectivity index (χ4v) is 5.80. The topological polar surface area (TPSA) is 53.5 Å². The van der Waals surface area contributed by atoms with Gasteiger partial charge < -0.3 is 4.90 Å². The van der Waals surface area contributed by atoms with Gasteiger partial charge in [0, 0.05) is 37.1 Å². The maximum atomic E-state index is 14.0. The zero-order valence-electron chi connectivity index (χ0n) is 16.3. The van der Waals surface area contributed by atoms with E-state index in [4.69, 9.17) is 11.6 Å². The average Bonchev–Trinajstić information content (AvgIpc) is 3.28. The molecule has 0 unspecified atom stereocenters. The number of piperazine rings is 1. The van der Waals surface area contributed by atoms with Gasteiger partial charge in [-0.2, -0.15) is 4.31 Å². The Kier molecular flexibility index (Phi) is 6.33. The van der Waals surface area contributed by atoms with Gasteiger partial charge in [-0.15, -0.1) is 11.3 Å². The molecule has 1 aliphatic heterocycles. The SMILES string of the molecule is O=S(=O)(c1c(F)c(F)c(F)c(F)c1F)N1CCN(c2nc(-c3ccc(Cl)c(F)c3)cs2)CC1. The molecule has 2 aromatic carbocycles. The van der Waals surface area contributed by atoms with E-state index in [1.54, 1.807) is 16.3 Å². The first kappa shape index (κ1) is 23.8. The summed E-state index contributed by atoms with van der Waals surface area (Å²) in [5.74, 6) is -12.5. The van der Waals surface area contributed by atoms with Crippen molar-refractivity contribution in [3.05, 3.63) is 63.5 Å². The fraction of sp³-hybridized carbons (Fsp3) is 0.211. The van der Waals surface area contributed by atoms with E-state index in [0.717, 1.165) is 0 Å². The van der Waals surface area contributed by atoms with Crippen LogP contribution in [0.5, 0.6) is 0 Å². The van der Waals surface area contributed by atoms with Crippen molar-refractivity contribution in [3.63, 3.8) is 0 Å². The third kappa shape index (κ3) is 4.18. The first-order valence-corrected chi connectivity index (χ1v) is 11.9. The molecule has 0 spiro atoms. The van der Waals surface area contributed by atoms with E-state index in [1.165, 1.54) is 23.5 Å². The number of sulfonamides is 1. The normalized spacial score (nSPS) is 15.3. The highest BCUT2D eigenvalue weighted by Crippen LogP contribution is 2.32. The third-order valence-corrected chi connectivity index (χ3v) is 8.11. The van der Waals surface area contributed by atoms with Crippen LogP contribution in [0, 0.1) is 34.9 Å². The Morgan fingerprint density at radius 2 is 1.45 bits per heavy atom. The molecule has 3 aromatic rings. The summed E-state index contributed by atoms with van der Waals surface area (Å²) >= 11 is 6.88. The number of halogens is 7. The number of hydrogen-bond donors (Lipinski definition) is 0. The van der Waals surface area contributed by atoms with Crippen molar-refractivity contribution < 1.29 is 34.8 Å². The van der Waals surface area contributed by atoms with Crippen molar-refractivity contribution in [1.29, 1.82) is 0 Å². The van der Waals surface area contributed by atoms with E-state index in [-0.39, 0.29) is 31.2 Å². The van der Waals surface area contributed by atoms with Crippen LogP contribution in [0.25, 0.3) is 11.3 Å². The molecule has 33 heavy (non-hydrogen) atoms. The Morgan fingerprint density at radius 1 is 0.879 bits per heavy atom. The molecule has 0 bridgehead atoms. The highest BCUT2D eigenvalue weighted by molar-refractivity contribution is 7.89. The Bertz CT molecular complexity index is 1310. The van der Waals surface area contributed by atoms with Crippen molar-refractivity contribution in [3.8, 4) is 11.3 Å². The minimum absolute atomic E-state index is 0.0383. The molecule has 1 fully saturated rings. The van der Waals surface area contributed by atoms with Gasteiger partial charge in [0.2, 0.25) is 15.8 Å². The summed E-state index contributed by atoms with van der Waals surface area (Å²) in [4.78, 5) is 4.19. The molecule has 0 saturated carbocycles. The fourth-order valence-electron chi connectivity index (χ4n) is 3.26. The maximum Gasteiger partial charge on any atom is 0.249 e. The molecule has 1 saturated heterocycles. The molecular weight excluding hydrogens is 516 g/mol. The Morgan fingerprint density at radius 3 is 2.03 bits per heavy atom. The molecule has 4 rings (SSSR count). The molecule has 2 heterocycles. The summed E-state index contributed by atoms with van der Waals surface area (Å²) in [6.45, 7) is -0.494. The molecule has 0 radical (unpaired) electrons. The lowest BCUT2D eigenvalue weighted by molar-refractivity contribution is 0.344. The van der Waals surface area contributed by atoms with Crippen LogP contribution in [0.4, 0.5) is 31.5 Å². The third-order valence-electron chi connectivity index (χ3n) is 4.98. The van der Waals surface area contributed by atoms with Gasteiger partial charge in [-0.25, -0.2) is 39.7 Å². The molecule has 0 amide bonds. The lowest BCUT2D eigenvalue weighted by atomic mass is 10.2. The van der Waals surface area contributed by atoms with Crippen LogP contribution >= 0.6 is 22.9 Å². The number of anilines is 1. The smallest absolute Gasteiger partial charge is 0.249 e. The van der Waals surface area contributed by atoms with Crippen molar-refractivity contribution in [1.82, 2.24) is 9.29 Å². The van der Waals surface area contributed by atoms with Crippen LogP contribution in [-0.2, 0) is 10.0 Å². The number of hydrogen-bond acceptors (Lipinski definition) is 5. The first-order valence-electron chi connectivity index (χ1n) is 9.20. The van der Waals surface area contributed by atoms with Gasteiger partial charge in [0.25, 0.3) is 0 Å². The zero-order valence-corrected chi connectivity index (χ0v) is 18.6. The predicted octanol–water partition coefficient (Wildman–Crippen LogP) is 4.81. The Hall–Kier alpha value is -2.35. The number of thiazole rings is 1. The number of aromatic nitrogens is 1. The summed E-state index contributed by atoms with van der Waals surface area (Å²) in [6, 6.07) is 4.18. The molecular formula is C19H12ClF6N3O2S2. The monoisotopic (exact) mass is 527 g/mol. The van der Waals surface area contributed by atoms with Gasteiger partial charge >= 0.3 is 0 Å². The Balaban J connectivity index is 1.53. The van der Waals surface area contributed by atoms with Gasteiger partial charge in [0.05, 0.1) is 10.7 Å². The summed E-state index contributed by atoms with van der Waals surface area (Å²) in [7, 11) is -5.00. The number of nitrogens with zero attached hydrogens (tertiary/aromatic N) is 3. The molecule has 0 aliphatic carbocycles. The van der Waals surface area contributed by atoms with Crippen LogP contribution in [0.3, 0.4) is 0 Å². The second-order valence-electron chi connectivity index (χ2n) is 6.93. The molecule has 176 valence electrons. The average molecular weight is 528 g/mol. The zero-order chi connectivity index (χ0) is 24.1. The van der Waals surface area contributed by atoms with Crippen LogP contribution in [-0.4, -0.2) is 43.9 Å². The van der Waals surface area contributed by atoms with Gasteiger partial charge in [-0.3, -0.25) is 0 Å². The van der Waals surface area contributed by atoms with Crippen molar-refractivity contribution in [2.75, 3.05) is 31.1 Å². The van der Waals surface area contributed by atoms with Crippen LogP contribution in [0.15, 0.2) is 28.5 Å². The lowest BCUT2D eigenvalue weighted by Gasteiger charge is -2.33. The van der Waals surface area contributed by atoms with Gasteiger partial charge in [0.15, 0.2) is 33.3 Å². The minimum Gasteiger partial charge on any atom is -0.345 e. The highest BCUT2D eigenvalue weighted by Gasteiger charge is 2.38. The number of rotatable bonds is 4. The van der Waals surface area contributed by atoms with E-state index < -0.39 is 49.8 Å². The van der Waals surface area contributed by atoms with Crippen LogP contribution < -0.4 is 4.90 Å². The molecule has 1 aromatic heterocycles. The van der Waals surface area contributed by atoms with E-state index in [0.29, 0.717) is 20.7 Å². The van der Waals surface area contributed by atoms with E-state index in [1.807, 2.05) is 0 Å². The predicted molar refractivity (Wildman–Crippen MR) is 110 cm³/mol. The van der Waals surface area contributed by atoms with Crippen molar-refractivity contribution in [2.24, 2.45) is 0 Å². The van der Waals surface area contributed by atoms with Crippen LogP contribution in [0.1, 0.15) is 0 Å². The van der Waals surface area contributed by atoms with Gasteiger partial charge in [-0.1, -0.05) is 17.7 Å². The summed E-state index contributed by atoms with van der Waals surface area (Å²) in [6.07, 6.45) is 0. The van der Waals surface area contributed by atoms with E-state index in [9.17, 15) is 34.8 Å². The van der Waals surface area contributed by atoms with Crippen LogP contribution in [0.2, 0.25) is 5.02 Å². The minimum atomic E-state index is -5.00. The van der Waals surface area contributed by atoms with Gasteiger partial charge in [-0.05, 0) is 12.1 Å². The highest BCUT2D eigenvalue weighted by atomic mass is 35.5. The van der Waals surface area contributed by atoms with E-state index in [2.05, 4.69) is 4.98 Å². The summed E-state index contributed by atoms with van der Waals surface area (Å²) < 4.78 is 108. The van der Waals surface area contributed by atoms with Crippen molar-refractivity contribution in [2.45, 2.75) is 4.90 Å². The number of benzene rings is 2. The Labute approximate surface area is 192 Å². The largest absolute Gasteiger partial charge is 0.345 e. The molecule has 14 heteroatoms. The summed E-state index contributed by atoms with van der Waals surface area (Å²) in [5.41, 5.74) is 0.939. The quantitative estimate of drug-likeness (QED) is 0.278. The van der Waals surface area contributed by atoms with Gasteiger partial charge in [0.1, 0.15) is 5.82 Å². The van der Waals surface area contributed by atoms with E-state index >= 15 is 0 Å². The summed E-state index contributed by atoms with van der Waals surface area (Å²) in [5, 5.41) is 2.10. The first-order chi connectivity index (χ1) is 15.5. The second kappa shape index (κ2) is 8.78. The lowest BCUT2D eigenvalue weighted by Crippen LogP contribution is -2.49. The molecule has 5 nitrogen and oxygen atoms in total. The molecule has 1 aliphatic rings. The molecule has 0 atom stereocenters.